The van der Waals surface area contributed by atoms with Crippen LogP contribution in [0.5, 0.6) is 5.75 Å². The molecule has 2 saturated heterocycles. The van der Waals surface area contributed by atoms with Crippen molar-refractivity contribution in [3.05, 3.63) is 70.8 Å². The molecule has 2 aliphatic carbocycles. The third-order valence-corrected chi connectivity index (χ3v) is 16.6. The molecule has 3 fully saturated rings. The van der Waals surface area contributed by atoms with Crippen molar-refractivity contribution in [1.82, 2.24) is 19.4 Å². The van der Waals surface area contributed by atoms with Crippen LogP contribution in [0.25, 0.3) is 0 Å². The molecule has 2 N–H and O–H groups in total. The number of ether oxygens (including phenoxy) is 1. The van der Waals surface area contributed by atoms with Crippen molar-refractivity contribution in [2.24, 2.45) is 17.8 Å². The van der Waals surface area contributed by atoms with Crippen LogP contribution in [0.15, 0.2) is 49.1 Å². The van der Waals surface area contributed by atoms with Gasteiger partial charge in [-0.1, -0.05) is 37.6 Å². The van der Waals surface area contributed by atoms with Crippen LogP contribution in [0.4, 0.5) is 5.69 Å². The Labute approximate surface area is 337 Å². The van der Waals surface area contributed by atoms with Gasteiger partial charge in [-0.25, -0.2) is 13.1 Å². The number of halogens is 1. The number of rotatable bonds is 3. The molecule has 1 spiro atoms. The SMILES string of the molecule is C=CC(=O)N1CCN2CCN(C[C@@]3(O)CCC[C@H](C)[C@@H](C)S(=O)(=O)NC(=O)c4ccc5c(c4)N(C[C@@H]4CC[C@H]43)C[C@@]3(CCCc4cc(Cl)ccc43)CO5)C[C@@H]2C1. The Kier molecular flexibility index (Phi) is 11.0. The number of amides is 2. The maximum absolute atomic E-state index is 13.7. The van der Waals surface area contributed by atoms with Gasteiger partial charge in [-0.15, -0.1) is 0 Å². The zero-order valence-electron chi connectivity index (χ0n) is 32.9. The van der Waals surface area contributed by atoms with Crippen LogP contribution in [-0.4, -0.2) is 122 Å². The molecule has 56 heavy (non-hydrogen) atoms. The summed E-state index contributed by atoms with van der Waals surface area (Å²) >= 11 is 6.50. The molecule has 4 aliphatic heterocycles. The molecule has 6 aliphatic rings. The fraction of sp³-hybridized carbons (Fsp3) is 0.628. The van der Waals surface area contributed by atoms with E-state index in [4.69, 9.17) is 16.3 Å². The highest BCUT2D eigenvalue weighted by Crippen LogP contribution is 2.49. The van der Waals surface area contributed by atoms with E-state index in [1.807, 2.05) is 24.0 Å². The number of aryl methyl sites for hydroxylation is 1. The first kappa shape index (κ1) is 39.7. The second kappa shape index (κ2) is 15.5. The van der Waals surface area contributed by atoms with Gasteiger partial charge in [0.1, 0.15) is 5.75 Å². The molecule has 2 aromatic rings. The first-order chi connectivity index (χ1) is 26.8. The van der Waals surface area contributed by atoms with Crippen molar-refractivity contribution < 1.29 is 27.9 Å². The van der Waals surface area contributed by atoms with Crippen LogP contribution in [0.1, 0.15) is 80.3 Å². The molecule has 0 unspecified atom stereocenters. The smallest absolute Gasteiger partial charge is 0.264 e. The van der Waals surface area contributed by atoms with Gasteiger partial charge in [0.05, 0.1) is 23.1 Å². The van der Waals surface area contributed by atoms with Crippen LogP contribution in [0, 0.1) is 17.8 Å². The van der Waals surface area contributed by atoms with Gasteiger partial charge in [-0.3, -0.25) is 19.4 Å². The first-order valence-corrected chi connectivity index (χ1v) is 22.7. The summed E-state index contributed by atoms with van der Waals surface area (Å²) in [5, 5.41) is 13.0. The Morgan fingerprint density at radius 1 is 1.04 bits per heavy atom. The summed E-state index contributed by atoms with van der Waals surface area (Å²) in [5.74, 6) is 0.0225. The fourth-order valence-electron chi connectivity index (χ4n) is 10.8. The van der Waals surface area contributed by atoms with Crippen molar-refractivity contribution in [2.75, 3.05) is 70.4 Å². The normalized spacial score (nSPS) is 33.8. The molecule has 13 heteroatoms. The highest BCUT2D eigenvalue weighted by molar-refractivity contribution is 7.90. The highest BCUT2D eigenvalue weighted by atomic mass is 35.5. The minimum absolute atomic E-state index is 0.0323. The number of aliphatic hydroxyl groups is 1. The summed E-state index contributed by atoms with van der Waals surface area (Å²) in [6.45, 7) is 14.4. The molecule has 8 rings (SSSR count). The number of nitrogens with one attached hydrogen (secondary N) is 1. The Balaban J connectivity index is 1.13. The van der Waals surface area contributed by atoms with Crippen molar-refractivity contribution in [3.63, 3.8) is 0 Å². The van der Waals surface area contributed by atoms with Crippen molar-refractivity contribution in [2.45, 2.75) is 87.5 Å². The summed E-state index contributed by atoms with van der Waals surface area (Å²) in [7, 11) is -3.99. The van der Waals surface area contributed by atoms with E-state index in [1.54, 1.807) is 19.1 Å². The Morgan fingerprint density at radius 3 is 2.64 bits per heavy atom. The number of piperazine rings is 2. The number of hydrogen-bond acceptors (Lipinski definition) is 9. The molecule has 304 valence electrons. The predicted octanol–water partition coefficient (Wildman–Crippen LogP) is 4.85. The number of fused-ring (bicyclic) bond motifs is 5. The Morgan fingerprint density at radius 2 is 1.86 bits per heavy atom. The average Bonchev–Trinajstić information content (AvgIpc) is 3.31. The lowest BCUT2D eigenvalue weighted by atomic mass is 9.62. The molecule has 11 nitrogen and oxygen atoms in total. The molecule has 0 aromatic heterocycles. The topological polar surface area (TPSA) is 123 Å². The van der Waals surface area contributed by atoms with Gasteiger partial charge in [0.2, 0.25) is 15.9 Å². The van der Waals surface area contributed by atoms with E-state index >= 15 is 0 Å². The predicted molar refractivity (Wildman–Crippen MR) is 219 cm³/mol. The van der Waals surface area contributed by atoms with Crippen LogP contribution in [0.3, 0.4) is 0 Å². The summed E-state index contributed by atoms with van der Waals surface area (Å²) in [6, 6.07) is 11.7. The quantitative estimate of drug-likeness (QED) is 0.420. The van der Waals surface area contributed by atoms with Gasteiger partial charge in [0.15, 0.2) is 0 Å². The van der Waals surface area contributed by atoms with Gasteiger partial charge >= 0.3 is 0 Å². The van der Waals surface area contributed by atoms with Crippen LogP contribution >= 0.6 is 11.6 Å². The number of carbonyl (C=O) groups excluding carboxylic acids is 2. The van der Waals surface area contributed by atoms with E-state index < -0.39 is 26.8 Å². The van der Waals surface area contributed by atoms with Crippen LogP contribution < -0.4 is 14.4 Å². The Bertz CT molecular complexity index is 1960. The van der Waals surface area contributed by atoms with Gasteiger partial charge < -0.3 is 19.6 Å². The third kappa shape index (κ3) is 7.61. The average molecular weight is 808 g/mol. The van der Waals surface area contributed by atoms with E-state index in [-0.39, 0.29) is 40.7 Å². The van der Waals surface area contributed by atoms with Gasteiger partial charge in [-0.05, 0) is 117 Å². The summed E-state index contributed by atoms with van der Waals surface area (Å²) < 4.78 is 36.3. The van der Waals surface area contributed by atoms with Crippen LogP contribution in [-0.2, 0) is 26.7 Å². The molecule has 0 radical (unpaired) electrons. The van der Waals surface area contributed by atoms with E-state index in [0.717, 1.165) is 69.0 Å². The third-order valence-electron chi connectivity index (χ3n) is 14.4. The number of carbonyl (C=O) groups is 2. The monoisotopic (exact) mass is 807 g/mol. The second-order valence-corrected chi connectivity index (χ2v) is 20.3. The molecular formula is C43H58ClN5O6S. The van der Waals surface area contributed by atoms with Gasteiger partial charge in [0, 0.05) is 80.9 Å². The Hall–Kier alpha value is -3.16. The molecular weight excluding hydrogens is 750 g/mol. The summed E-state index contributed by atoms with van der Waals surface area (Å²) in [6.07, 6.45) is 8.04. The van der Waals surface area contributed by atoms with E-state index in [0.29, 0.717) is 64.3 Å². The summed E-state index contributed by atoms with van der Waals surface area (Å²) in [5.41, 5.74) is 2.25. The number of hydrogen-bond donors (Lipinski definition) is 2. The van der Waals surface area contributed by atoms with E-state index in [2.05, 4.69) is 38.1 Å². The van der Waals surface area contributed by atoms with Crippen molar-refractivity contribution in [1.29, 1.82) is 0 Å². The van der Waals surface area contributed by atoms with Crippen molar-refractivity contribution in [3.8, 4) is 5.75 Å². The van der Waals surface area contributed by atoms with Crippen LogP contribution in [0.2, 0.25) is 5.02 Å². The first-order valence-electron chi connectivity index (χ1n) is 20.7. The molecule has 2 amide bonds. The number of anilines is 1. The number of β-amino-alcohol motifs (C(OH)–C–C–N with tert-alkyl or cyclic N) is 1. The highest BCUT2D eigenvalue weighted by Gasteiger charge is 2.50. The number of benzene rings is 2. The van der Waals surface area contributed by atoms with Gasteiger partial charge in [-0.2, -0.15) is 0 Å². The zero-order valence-corrected chi connectivity index (χ0v) is 34.5. The summed E-state index contributed by atoms with van der Waals surface area (Å²) in [4.78, 5) is 35.4. The molecule has 1 saturated carbocycles. The second-order valence-electron chi connectivity index (χ2n) is 17.8. The minimum Gasteiger partial charge on any atom is -0.490 e. The maximum Gasteiger partial charge on any atom is 0.264 e. The molecule has 7 atom stereocenters. The lowest BCUT2D eigenvalue weighted by molar-refractivity contribution is -0.132. The lowest BCUT2D eigenvalue weighted by Gasteiger charge is -2.53. The fourth-order valence-corrected chi connectivity index (χ4v) is 12.4. The zero-order chi connectivity index (χ0) is 39.4. The number of nitrogens with zero attached hydrogens (tertiary/aromatic N) is 4. The maximum atomic E-state index is 13.7. The standard InChI is InChI=1S/C43H58ClN5O6S/c1-4-40(50)48-20-19-47-18-17-46(24-35(47)25-48)27-43(52)16-5-7-29(2)30(3)56(53,54)45-41(51)32-10-14-39-38(22-32)49(23-33-9-12-37(33)43)26-42(28-55-39)15-6-8-31-21-34(44)11-13-36(31)42/h4,10-11,13-14,21-22,29-30,33,35,37,52H,1,5-9,12,15-20,23-28H2,2-3H3,(H,45,51)/t29-,30+,33-,35+,37+,42-,43-/m0/s1. The molecule has 2 aromatic carbocycles. The lowest BCUT2D eigenvalue weighted by Crippen LogP contribution is -2.65. The minimum atomic E-state index is -3.99. The van der Waals surface area contributed by atoms with E-state index in [9.17, 15) is 23.1 Å². The number of sulfonamides is 1. The molecule has 4 heterocycles. The van der Waals surface area contributed by atoms with Gasteiger partial charge in [0.25, 0.3) is 5.91 Å². The van der Waals surface area contributed by atoms with E-state index in [1.165, 1.54) is 17.2 Å². The van der Waals surface area contributed by atoms with Crippen molar-refractivity contribution >= 4 is 39.1 Å². The molecule has 2 bridgehead atoms. The largest absolute Gasteiger partial charge is 0.490 e.